The molecule has 0 aliphatic carbocycles. The normalized spacial score (nSPS) is 10.4. The Balaban J connectivity index is 0.000000568. The zero-order valence-corrected chi connectivity index (χ0v) is 20.3. The first kappa shape index (κ1) is 25.9. The largest absolute Gasteiger partial charge is 2.00 e. The molecule has 0 unspecified atom stereocenters. The van der Waals surface area contributed by atoms with E-state index in [0.717, 1.165) is 45.3 Å². The second-order valence-corrected chi connectivity index (χ2v) is 6.91. The number of rotatable bonds is 7. The molecule has 4 aromatic carbocycles. The Kier molecular flexibility index (Phi) is 10.4. The van der Waals surface area contributed by atoms with Crippen LogP contribution >= 0.6 is 0 Å². The van der Waals surface area contributed by atoms with Gasteiger partial charge >= 0.3 is 17.1 Å². The molecule has 4 aromatic rings. The molecular weight excluding hydrogens is 456 g/mol. The minimum atomic E-state index is 0. The van der Waals surface area contributed by atoms with E-state index in [4.69, 9.17) is 18.9 Å². The second-order valence-electron chi connectivity index (χ2n) is 6.91. The summed E-state index contributed by atoms with van der Waals surface area (Å²) in [6, 6.07) is 29.8. The van der Waals surface area contributed by atoms with Crippen LogP contribution in [-0.4, -0.2) is 28.4 Å². The Morgan fingerprint density at radius 1 is 0.727 bits per heavy atom. The molecule has 0 aliphatic heterocycles. The summed E-state index contributed by atoms with van der Waals surface area (Å²) in [4.78, 5) is 0. The molecule has 0 aliphatic rings. The standard InChI is InChI=1S/C23H23O4.C5H5.Fe/c1-24-18-9-10-21(23(15-18)27-4)22(17-7-5-6-8-17)13-16-11-19(25-2)14-20(12-16)26-3;1-2-4-5-3-1;/h5-15H,1-4H3;1-5H;/q2*-1;+2/b22-13+;;. The van der Waals surface area contributed by atoms with Crippen LogP contribution in [0.4, 0.5) is 0 Å². The van der Waals surface area contributed by atoms with Gasteiger partial charge < -0.3 is 18.9 Å². The molecule has 0 amide bonds. The maximum atomic E-state index is 5.62. The predicted molar refractivity (Wildman–Crippen MR) is 130 cm³/mol. The van der Waals surface area contributed by atoms with E-state index in [1.54, 1.807) is 28.4 Å². The van der Waals surface area contributed by atoms with Gasteiger partial charge in [-0.25, -0.2) is 12.1 Å². The van der Waals surface area contributed by atoms with Crippen LogP contribution in [0.15, 0.2) is 91.0 Å². The van der Waals surface area contributed by atoms with Gasteiger partial charge in [-0.05, 0) is 23.8 Å². The van der Waals surface area contributed by atoms with Gasteiger partial charge in [-0.15, -0.1) is 23.8 Å². The molecule has 4 rings (SSSR count). The van der Waals surface area contributed by atoms with Gasteiger partial charge in [0.1, 0.15) is 17.2 Å². The smallest absolute Gasteiger partial charge is 0.504 e. The third kappa shape index (κ3) is 7.04. The van der Waals surface area contributed by atoms with Crippen molar-refractivity contribution in [1.82, 2.24) is 0 Å². The fraction of sp³-hybridized carbons (Fsp3) is 0.143. The van der Waals surface area contributed by atoms with Crippen LogP contribution < -0.4 is 18.9 Å². The quantitative estimate of drug-likeness (QED) is 0.172. The number of methoxy groups -OCH3 is 4. The summed E-state index contributed by atoms with van der Waals surface area (Å²) < 4.78 is 21.8. The minimum absolute atomic E-state index is 0. The number of hydrogen-bond acceptors (Lipinski definition) is 4. The molecule has 0 radical (unpaired) electrons. The third-order valence-electron chi connectivity index (χ3n) is 4.91. The van der Waals surface area contributed by atoms with E-state index in [-0.39, 0.29) is 17.1 Å². The molecule has 5 heteroatoms. The van der Waals surface area contributed by atoms with E-state index in [1.807, 2.05) is 78.9 Å². The molecule has 0 bridgehead atoms. The third-order valence-corrected chi connectivity index (χ3v) is 4.91. The Hall–Kier alpha value is -3.40. The van der Waals surface area contributed by atoms with Gasteiger partial charge in [-0.1, -0.05) is 17.2 Å². The first-order chi connectivity index (χ1) is 15.7. The Labute approximate surface area is 206 Å². The first-order valence-electron chi connectivity index (χ1n) is 10.2. The van der Waals surface area contributed by atoms with Gasteiger partial charge in [0, 0.05) is 12.1 Å². The SMILES string of the molecule is COc1cc(/C=C(/c2ccc(OC)cc2OC)[c-]2cccc2)cc(OC)c1.[Fe+2].c1cc[cH-]c1. The minimum Gasteiger partial charge on any atom is -0.504 e. The fourth-order valence-electron chi connectivity index (χ4n) is 3.29. The summed E-state index contributed by atoms with van der Waals surface area (Å²) in [5.74, 6) is 2.98. The summed E-state index contributed by atoms with van der Waals surface area (Å²) >= 11 is 0. The average Bonchev–Trinajstić information content (AvgIpc) is 3.59. The van der Waals surface area contributed by atoms with Crippen molar-refractivity contribution in [3.8, 4) is 23.0 Å². The van der Waals surface area contributed by atoms with Crippen molar-refractivity contribution in [2.75, 3.05) is 28.4 Å². The molecule has 0 saturated carbocycles. The van der Waals surface area contributed by atoms with E-state index in [0.29, 0.717) is 0 Å². The average molecular weight is 484 g/mol. The van der Waals surface area contributed by atoms with Gasteiger partial charge in [-0.2, -0.15) is 30.3 Å². The van der Waals surface area contributed by atoms with Crippen molar-refractivity contribution in [1.29, 1.82) is 0 Å². The molecule has 0 saturated heterocycles. The van der Waals surface area contributed by atoms with Crippen molar-refractivity contribution in [3.63, 3.8) is 0 Å². The predicted octanol–water partition coefficient (Wildman–Crippen LogP) is 6.43. The fourth-order valence-corrected chi connectivity index (χ4v) is 3.29. The van der Waals surface area contributed by atoms with Crippen LogP contribution in [0, 0.1) is 0 Å². The molecule has 0 aromatic heterocycles. The molecule has 0 fully saturated rings. The summed E-state index contributed by atoms with van der Waals surface area (Å²) in [5, 5.41) is 0. The van der Waals surface area contributed by atoms with E-state index in [1.165, 1.54) is 0 Å². The van der Waals surface area contributed by atoms with Gasteiger partial charge in [0.2, 0.25) is 0 Å². The summed E-state index contributed by atoms with van der Waals surface area (Å²) in [6.45, 7) is 0. The summed E-state index contributed by atoms with van der Waals surface area (Å²) in [6.07, 6.45) is 2.10. The van der Waals surface area contributed by atoms with E-state index in [9.17, 15) is 0 Å². The van der Waals surface area contributed by atoms with Gasteiger partial charge in [0.25, 0.3) is 0 Å². The van der Waals surface area contributed by atoms with Crippen LogP contribution in [0.1, 0.15) is 16.7 Å². The van der Waals surface area contributed by atoms with Gasteiger partial charge in [-0.3, -0.25) is 0 Å². The molecule has 0 heterocycles. The zero-order chi connectivity index (χ0) is 22.8. The van der Waals surface area contributed by atoms with Gasteiger partial charge in [0.15, 0.2) is 0 Å². The molecule has 0 N–H and O–H groups in total. The molecule has 0 atom stereocenters. The van der Waals surface area contributed by atoms with E-state index in [2.05, 4.69) is 18.2 Å². The van der Waals surface area contributed by atoms with E-state index >= 15 is 0 Å². The number of hydrogen-bond donors (Lipinski definition) is 0. The monoisotopic (exact) mass is 484 g/mol. The van der Waals surface area contributed by atoms with Gasteiger partial charge in [0.05, 0.1) is 34.2 Å². The Morgan fingerprint density at radius 2 is 1.33 bits per heavy atom. The molecule has 33 heavy (non-hydrogen) atoms. The maximum Gasteiger partial charge on any atom is 2.00 e. The van der Waals surface area contributed by atoms with Crippen LogP contribution in [0.2, 0.25) is 0 Å². The van der Waals surface area contributed by atoms with Crippen molar-refractivity contribution >= 4 is 11.6 Å². The second kappa shape index (κ2) is 13.2. The zero-order valence-electron chi connectivity index (χ0n) is 19.2. The molecule has 172 valence electrons. The Bertz CT molecular complexity index is 1070. The maximum absolute atomic E-state index is 5.62. The summed E-state index contributed by atoms with van der Waals surface area (Å²) in [5.41, 5.74) is 4.08. The van der Waals surface area contributed by atoms with Crippen LogP contribution in [0.5, 0.6) is 23.0 Å². The summed E-state index contributed by atoms with van der Waals surface area (Å²) in [7, 11) is 6.60. The number of benzene rings is 2. The molecule has 0 spiro atoms. The first-order valence-corrected chi connectivity index (χ1v) is 10.2. The van der Waals surface area contributed by atoms with Crippen LogP contribution in [0.3, 0.4) is 0 Å². The van der Waals surface area contributed by atoms with Crippen LogP contribution in [-0.2, 0) is 17.1 Å². The van der Waals surface area contributed by atoms with Crippen LogP contribution in [0.25, 0.3) is 11.6 Å². The van der Waals surface area contributed by atoms with Crippen molar-refractivity contribution in [2.24, 2.45) is 0 Å². The Morgan fingerprint density at radius 3 is 1.82 bits per heavy atom. The van der Waals surface area contributed by atoms with Crippen molar-refractivity contribution in [3.05, 3.63) is 108 Å². The van der Waals surface area contributed by atoms with Crippen molar-refractivity contribution in [2.45, 2.75) is 0 Å². The molecular formula is C28H28FeO4. The number of ether oxygens (including phenoxy) is 4. The molecule has 4 nitrogen and oxygen atoms in total. The topological polar surface area (TPSA) is 36.9 Å². The van der Waals surface area contributed by atoms with E-state index < -0.39 is 0 Å². The van der Waals surface area contributed by atoms with Crippen molar-refractivity contribution < 1.29 is 36.0 Å².